The zero-order chi connectivity index (χ0) is 22.2. The molecule has 0 spiro atoms. The van der Waals surface area contributed by atoms with Crippen LogP contribution in [0.2, 0.25) is 5.02 Å². The molecule has 166 valence electrons. The lowest BCUT2D eigenvalue weighted by atomic mass is 10.0. The van der Waals surface area contributed by atoms with E-state index in [4.69, 9.17) is 25.5 Å². The molecule has 0 aliphatic carbocycles. The zero-order valence-electron chi connectivity index (χ0n) is 17.0. The number of fused-ring (bicyclic) bond motifs is 2. The van der Waals surface area contributed by atoms with Crippen LogP contribution in [0.5, 0.6) is 11.5 Å². The van der Waals surface area contributed by atoms with E-state index in [9.17, 15) is 14.9 Å². The molecule has 0 atom stereocenters. The number of benzene rings is 2. The van der Waals surface area contributed by atoms with Crippen LogP contribution >= 0.6 is 11.6 Å². The Morgan fingerprint density at radius 3 is 2.69 bits per heavy atom. The molecule has 0 bridgehead atoms. The van der Waals surface area contributed by atoms with E-state index in [0.717, 1.165) is 31.5 Å². The van der Waals surface area contributed by atoms with Crippen molar-refractivity contribution in [3.8, 4) is 11.5 Å². The second-order valence-electron chi connectivity index (χ2n) is 7.78. The summed E-state index contributed by atoms with van der Waals surface area (Å²) in [4.78, 5) is 25.9. The number of rotatable bonds is 5. The Kier molecular flexibility index (Phi) is 5.36. The minimum atomic E-state index is -0.982. The third-order valence-electron chi connectivity index (χ3n) is 5.83. The van der Waals surface area contributed by atoms with E-state index in [1.165, 1.54) is 0 Å². The molecule has 1 fully saturated rings. The fraction of sp³-hybridized carbons (Fsp3) is 0.318. The highest BCUT2D eigenvalue weighted by molar-refractivity contribution is 6.31. The molecule has 2 aromatic carbocycles. The molecule has 5 rings (SSSR count). The van der Waals surface area contributed by atoms with E-state index >= 15 is 0 Å². The van der Waals surface area contributed by atoms with Gasteiger partial charge < -0.3 is 24.1 Å². The number of hydrogen-bond donors (Lipinski definition) is 1. The number of anilines is 1. The van der Waals surface area contributed by atoms with Crippen LogP contribution < -0.4 is 25.3 Å². The molecule has 2 aliphatic heterocycles. The van der Waals surface area contributed by atoms with Gasteiger partial charge in [-0.25, -0.2) is 4.79 Å². The van der Waals surface area contributed by atoms with Crippen molar-refractivity contribution in [2.24, 2.45) is 0 Å². The fourth-order valence-corrected chi connectivity index (χ4v) is 4.52. The van der Waals surface area contributed by atoms with Crippen molar-refractivity contribution < 1.29 is 18.8 Å². The van der Waals surface area contributed by atoms with Crippen LogP contribution in [0.1, 0.15) is 18.4 Å². The van der Waals surface area contributed by atoms with Crippen molar-refractivity contribution in [2.45, 2.75) is 25.4 Å². The van der Waals surface area contributed by atoms with Crippen LogP contribution in [0.3, 0.4) is 0 Å². The maximum Gasteiger partial charge on any atom is 0.417 e. The molecule has 1 saturated heterocycles. The number of nitrogens with zero attached hydrogens (tertiary/aromatic N) is 2. The first-order valence-corrected chi connectivity index (χ1v) is 10.7. The largest absolute Gasteiger partial charge is 0.454 e. The monoisotopic (exact) mass is 457 g/mol. The van der Waals surface area contributed by atoms with Crippen LogP contribution in [0, 0.1) is 10.1 Å². The first-order valence-electron chi connectivity index (χ1n) is 10.3. The van der Waals surface area contributed by atoms with E-state index in [1.54, 1.807) is 18.2 Å². The van der Waals surface area contributed by atoms with E-state index in [2.05, 4.69) is 5.32 Å². The summed E-state index contributed by atoms with van der Waals surface area (Å²) in [6.45, 7) is 2.05. The summed E-state index contributed by atoms with van der Waals surface area (Å²) in [5.74, 6) is 1.29. The van der Waals surface area contributed by atoms with E-state index in [1.807, 2.05) is 23.1 Å². The highest BCUT2D eigenvalue weighted by Gasteiger charge is 2.33. The van der Waals surface area contributed by atoms with Crippen LogP contribution in [-0.4, -0.2) is 30.8 Å². The van der Waals surface area contributed by atoms with Gasteiger partial charge in [-0.15, -0.1) is 0 Å². The second-order valence-corrected chi connectivity index (χ2v) is 8.22. The topological polar surface area (TPSA) is 107 Å². The van der Waals surface area contributed by atoms with Gasteiger partial charge in [0.05, 0.1) is 4.92 Å². The molecule has 1 N–H and O–H groups in total. The zero-order valence-corrected chi connectivity index (χ0v) is 17.8. The molecule has 1 aromatic heterocycles. The van der Waals surface area contributed by atoms with Crippen molar-refractivity contribution in [3.63, 3.8) is 0 Å². The van der Waals surface area contributed by atoms with E-state index < -0.39 is 16.2 Å². The van der Waals surface area contributed by atoms with Gasteiger partial charge in [0.25, 0.3) is 0 Å². The minimum Gasteiger partial charge on any atom is -0.454 e. The lowest BCUT2D eigenvalue weighted by Crippen LogP contribution is -2.43. The van der Waals surface area contributed by atoms with Gasteiger partial charge in [0.15, 0.2) is 11.5 Å². The first-order chi connectivity index (χ1) is 15.5. The minimum absolute atomic E-state index is 0.0237. The molecular weight excluding hydrogens is 438 g/mol. The Morgan fingerprint density at radius 1 is 1.12 bits per heavy atom. The van der Waals surface area contributed by atoms with Gasteiger partial charge in [0.1, 0.15) is 11.3 Å². The highest BCUT2D eigenvalue weighted by Crippen LogP contribution is 2.39. The molecule has 10 heteroatoms. The van der Waals surface area contributed by atoms with Gasteiger partial charge in [0, 0.05) is 23.0 Å². The third kappa shape index (κ3) is 3.74. The molecule has 0 radical (unpaired) electrons. The quantitative estimate of drug-likeness (QED) is 0.350. The molecule has 0 unspecified atom stereocenters. The lowest BCUT2D eigenvalue weighted by molar-refractivity contribution is -0.386. The van der Waals surface area contributed by atoms with Gasteiger partial charge in [-0.2, -0.15) is 0 Å². The standard InChI is InChI=1S/C22H20ClN3O6/c23-14-2-4-17-16(10-14)20(21(26(28)29)22(27)32-17)25(15-5-7-24-8-6-15)11-13-1-3-18-19(9-13)31-12-30-18/h1-4,9-10,15,24H,5-8,11-12H2. The predicted molar refractivity (Wildman–Crippen MR) is 119 cm³/mol. The van der Waals surface area contributed by atoms with Gasteiger partial charge in [-0.05, 0) is 61.8 Å². The maximum absolute atomic E-state index is 12.7. The SMILES string of the molecule is O=c1oc2ccc(Cl)cc2c(N(Cc2ccc3c(c2)OCO3)C2CCNCC2)c1[N+](=O)[O-]. The normalized spacial score (nSPS) is 15.8. The Balaban J connectivity index is 1.70. The van der Waals surface area contributed by atoms with Crippen LogP contribution in [0.15, 0.2) is 45.6 Å². The van der Waals surface area contributed by atoms with Crippen molar-refractivity contribution in [1.82, 2.24) is 5.32 Å². The lowest BCUT2D eigenvalue weighted by Gasteiger charge is -2.36. The molecule has 0 amide bonds. The van der Waals surface area contributed by atoms with Crippen LogP contribution in [0.25, 0.3) is 11.0 Å². The van der Waals surface area contributed by atoms with E-state index in [0.29, 0.717) is 28.5 Å². The Hall–Kier alpha value is -3.30. The van der Waals surface area contributed by atoms with Gasteiger partial charge in [-0.1, -0.05) is 17.7 Å². The maximum atomic E-state index is 12.7. The number of halogens is 1. The Labute approximate surface area is 187 Å². The highest BCUT2D eigenvalue weighted by atomic mass is 35.5. The fourth-order valence-electron chi connectivity index (χ4n) is 4.35. The Bertz CT molecular complexity index is 1250. The summed E-state index contributed by atoms with van der Waals surface area (Å²) in [6.07, 6.45) is 1.54. The number of ether oxygens (including phenoxy) is 2. The molecular formula is C22H20ClN3O6. The average Bonchev–Trinajstić information content (AvgIpc) is 3.25. The summed E-state index contributed by atoms with van der Waals surface area (Å²) < 4.78 is 16.2. The Morgan fingerprint density at radius 2 is 1.91 bits per heavy atom. The molecule has 3 heterocycles. The van der Waals surface area contributed by atoms with Crippen molar-refractivity contribution >= 4 is 33.9 Å². The smallest absolute Gasteiger partial charge is 0.417 e. The van der Waals surface area contributed by atoms with Gasteiger partial charge in [0.2, 0.25) is 6.79 Å². The van der Waals surface area contributed by atoms with Crippen molar-refractivity contribution in [1.29, 1.82) is 0 Å². The summed E-state index contributed by atoms with van der Waals surface area (Å²) >= 11 is 6.23. The third-order valence-corrected chi connectivity index (χ3v) is 6.06. The average molecular weight is 458 g/mol. The second kappa shape index (κ2) is 8.33. The van der Waals surface area contributed by atoms with Crippen LogP contribution in [-0.2, 0) is 6.54 Å². The van der Waals surface area contributed by atoms with Gasteiger partial charge >= 0.3 is 11.3 Å². The molecule has 2 aliphatic rings. The molecule has 32 heavy (non-hydrogen) atoms. The summed E-state index contributed by atoms with van der Waals surface area (Å²) in [5, 5.41) is 16.1. The summed E-state index contributed by atoms with van der Waals surface area (Å²) in [5.41, 5.74) is -0.202. The predicted octanol–water partition coefficient (Wildman–Crippen LogP) is 3.84. The molecule has 3 aromatic rings. The molecule has 9 nitrogen and oxygen atoms in total. The summed E-state index contributed by atoms with van der Waals surface area (Å²) in [7, 11) is 0. The summed E-state index contributed by atoms with van der Waals surface area (Å²) in [6, 6.07) is 10.3. The van der Waals surface area contributed by atoms with E-state index in [-0.39, 0.29) is 24.1 Å². The van der Waals surface area contributed by atoms with Crippen molar-refractivity contribution in [2.75, 3.05) is 24.8 Å². The number of nitro groups is 1. The number of nitrogens with one attached hydrogen (secondary N) is 1. The number of piperidine rings is 1. The van der Waals surface area contributed by atoms with Gasteiger partial charge in [-0.3, -0.25) is 10.1 Å². The first kappa shape index (κ1) is 20.6. The molecule has 0 saturated carbocycles. The van der Waals surface area contributed by atoms with Crippen LogP contribution in [0.4, 0.5) is 11.4 Å². The number of hydrogen-bond acceptors (Lipinski definition) is 8. The van der Waals surface area contributed by atoms with Crippen molar-refractivity contribution in [3.05, 3.63) is 67.5 Å².